The first-order valence-electron chi connectivity index (χ1n) is 4.31. The third kappa shape index (κ3) is 1.75. The standard InChI is InChI=1S/C7H15N3O3S/c1-7(6(11)9-8)4-3-5-10(7)14(2,12)13/h3-5,8H2,1-2H3,(H,9,11). The molecule has 1 saturated heterocycles. The Labute approximate surface area is 83.5 Å². The first-order valence-corrected chi connectivity index (χ1v) is 6.16. The van der Waals surface area contributed by atoms with E-state index in [0.717, 1.165) is 6.26 Å². The fourth-order valence-corrected chi connectivity index (χ4v) is 3.22. The molecule has 1 amide bonds. The summed E-state index contributed by atoms with van der Waals surface area (Å²) in [6, 6.07) is 0. The molecule has 7 heteroatoms. The normalized spacial score (nSPS) is 29.1. The first kappa shape index (κ1) is 11.4. The van der Waals surface area contributed by atoms with Gasteiger partial charge in [-0.3, -0.25) is 10.2 Å². The van der Waals surface area contributed by atoms with E-state index in [2.05, 4.69) is 0 Å². The highest BCUT2D eigenvalue weighted by Crippen LogP contribution is 2.31. The largest absolute Gasteiger partial charge is 0.293 e. The molecule has 1 rings (SSSR count). The van der Waals surface area contributed by atoms with Gasteiger partial charge in [-0.2, -0.15) is 4.31 Å². The molecule has 1 heterocycles. The van der Waals surface area contributed by atoms with Crippen molar-refractivity contribution in [2.75, 3.05) is 12.8 Å². The number of hydrazine groups is 1. The van der Waals surface area contributed by atoms with Crippen LogP contribution in [0.15, 0.2) is 0 Å². The number of amides is 1. The summed E-state index contributed by atoms with van der Waals surface area (Å²) < 4.78 is 23.9. The van der Waals surface area contributed by atoms with E-state index >= 15 is 0 Å². The van der Waals surface area contributed by atoms with Gasteiger partial charge < -0.3 is 0 Å². The van der Waals surface area contributed by atoms with Crippen LogP contribution in [0.1, 0.15) is 19.8 Å². The minimum Gasteiger partial charge on any atom is -0.293 e. The zero-order chi connectivity index (χ0) is 11.0. The molecule has 1 aliphatic heterocycles. The van der Waals surface area contributed by atoms with E-state index < -0.39 is 21.5 Å². The molecule has 0 saturated carbocycles. The van der Waals surface area contributed by atoms with Crippen LogP contribution in [0.2, 0.25) is 0 Å². The predicted molar refractivity (Wildman–Crippen MR) is 51.5 cm³/mol. The van der Waals surface area contributed by atoms with Crippen molar-refractivity contribution in [2.24, 2.45) is 5.84 Å². The second kappa shape index (κ2) is 3.48. The smallest absolute Gasteiger partial charge is 0.255 e. The maximum atomic E-state index is 11.5. The van der Waals surface area contributed by atoms with Gasteiger partial charge in [-0.05, 0) is 19.8 Å². The molecule has 1 unspecified atom stereocenters. The molecule has 3 N–H and O–H groups in total. The van der Waals surface area contributed by atoms with E-state index in [4.69, 9.17) is 5.84 Å². The van der Waals surface area contributed by atoms with E-state index in [0.29, 0.717) is 19.4 Å². The van der Waals surface area contributed by atoms with Crippen molar-refractivity contribution < 1.29 is 13.2 Å². The second-order valence-corrected chi connectivity index (χ2v) is 5.59. The lowest BCUT2D eigenvalue weighted by molar-refractivity contribution is -0.128. The lowest BCUT2D eigenvalue weighted by Crippen LogP contribution is -2.56. The topological polar surface area (TPSA) is 92.5 Å². The van der Waals surface area contributed by atoms with Gasteiger partial charge in [0, 0.05) is 6.54 Å². The molecule has 1 aliphatic rings. The van der Waals surface area contributed by atoms with E-state index in [1.807, 2.05) is 5.43 Å². The Bertz CT molecular complexity index is 340. The lowest BCUT2D eigenvalue weighted by Gasteiger charge is -2.30. The van der Waals surface area contributed by atoms with Gasteiger partial charge in [0.2, 0.25) is 10.0 Å². The number of carbonyl (C=O) groups is 1. The van der Waals surface area contributed by atoms with E-state index in [1.165, 1.54) is 4.31 Å². The molecular weight excluding hydrogens is 206 g/mol. The molecule has 0 bridgehead atoms. The van der Waals surface area contributed by atoms with E-state index in [1.54, 1.807) is 6.92 Å². The molecule has 0 radical (unpaired) electrons. The number of hydrogen-bond donors (Lipinski definition) is 2. The summed E-state index contributed by atoms with van der Waals surface area (Å²) >= 11 is 0. The Morgan fingerprint density at radius 1 is 1.57 bits per heavy atom. The zero-order valence-corrected chi connectivity index (χ0v) is 9.10. The minimum atomic E-state index is -3.35. The van der Waals surface area contributed by atoms with Crippen molar-refractivity contribution in [3.05, 3.63) is 0 Å². The van der Waals surface area contributed by atoms with Gasteiger partial charge in [0.25, 0.3) is 5.91 Å². The summed E-state index contributed by atoms with van der Waals surface area (Å²) in [6.45, 7) is 1.96. The molecule has 0 aromatic carbocycles. The van der Waals surface area contributed by atoms with Crippen molar-refractivity contribution in [3.63, 3.8) is 0 Å². The summed E-state index contributed by atoms with van der Waals surface area (Å²) in [6.07, 6.45) is 2.28. The van der Waals surface area contributed by atoms with Crippen LogP contribution in [0.4, 0.5) is 0 Å². The number of nitrogens with two attached hydrogens (primary N) is 1. The molecular formula is C7H15N3O3S. The monoisotopic (exact) mass is 221 g/mol. The highest BCUT2D eigenvalue weighted by atomic mass is 32.2. The Morgan fingerprint density at radius 3 is 2.57 bits per heavy atom. The van der Waals surface area contributed by atoms with Crippen LogP contribution in [-0.4, -0.2) is 37.0 Å². The van der Waals surface area contributed by atoms with Crippen LogP contribution in [0.25, 0.3) is 0 Å². The van der Waals surface area contributed by atoms with Gasteiger partial charge in [0.15, 0.2) is 0 Å². The molecule has 6 nitrogen and oxygen atoms in total. The fourth-order valence-electron chi connectivity index (χ4n) is 1.85. The van der Waals surface area contributed by atoms with Crippen molar-refractivity contribution in [3.8, 4) is 0 Å². The molecule has 0 aliphatic carbocycles. The lowest BCUT2D eigenvalue weighted by atomic mass is 10.00. The number of rotatable bonds is 2. The molecule has 1 atom stereocenters. The second-order valence-electron chi connectivity index (χ2n) is 3.69. The molecule has 1 fully saturated rings. The molecule has 0 aromatic rings. The van der Waals surface area contributed by atoms with Crippen LogP contribution < -0.4 is 11.3 Å². The van der Waals surface area contributed by atoms with Gasteiger partial charge in [0.1, 0.15) is 5.54 Å². The SMILES string of the molecule is CC1(C(=O)NN)CCCN1S(C)(=O)=O. The fraction of sp³-hybridized carbons (Fsp3) is 0.857. The highest BCUT2D eigenvalue weighted by molar-refractivity contribution is 7.88. The molecule has 0 spiro atoms. The maximum Gasteiger partial charge on any atom is 0.255 e. The Balaban J connectivity index is 3.04. The Morgan fingerprint density at radius 2 is 2.14 bits per heavy atom. The number of hydrogen-bond acceptors (Lipinski definition) is 4. The van der Waals surface area contributed by atoms with Gasteiger partial charge in [-0.1, -0.05) is 0 Å². The predicted octanol–water partition coefficient (Wildman–Crippen LogP) is -1.21. The van der Waals surface area contributed by atoms with Crippen LogP contribution in [0.3, 0.4) is 0 Å². The van der Waals surface area contributed by atoms with Crippen LogP contribution >= 0.6 is 0 Å². The molecule has 0 aromatic heterocycles. The number of nitrogens with zero attached hydrogens (tertiary/aromatic N) is 1. The summed E-state index contributed by atoms with van der Waals surface area (Å²) in [4.78, 5) is 11.5. The maximum absolute atomic E-state index is 11.5. The summed E-state index contributed by atoms with van der Waals surface area (Å²) in [5, 5.41) is 0. The average Bonchev–Trinajstić information content (AvgIpc) is 2.46. The third-order valence-corrected chi connectivity index (χ3v) is 3.98. The van der Waals surface area contributed by atoms with Gasteiger partial charge in [-0.25, -0.2) is 14.3 Å². The van der Waals surface area contributed by atoms with Gasteiger partial charge in [0.05, 0.1) is 6.26 Å². The third-order valence-electron chi connectivity index (χ3n) is 2.60. The van der Waals surface area contributed by atoms with E-state index in [9.17, 15) is 13.2 Å². The summed E-state index contributed by atoms with van der Waals surface area (Å²) in [5.41, 5.74) is 0.979. The first-order chi connectivity index (χ1) is 6.32. The summed E-state index contributed by atoms with van der Waals surface area (Å²) in [7, 11) is -3.35. The minimum absolute atomic E-state index is 0.378. The highest BCUT2D eigenvalue weighted by Gasteiger charge is 2.47. The quantitative estimate of drug-likeness (QED) is 0.348. The average molecular weight is 221 g/mol. The van der Waals surface area contributed by atoms with Gasteiger partial charge >= 0.3 is 0 Å². The zero-order valence-electron chi connectivity index (χ0n) is 8.28. The number of nitrogens with one attached hydrogen (secondary N) is 1. The van der Waals surface area contributed by atoms with E-state index in [-0.39, 0.29) is 0 Å². The van der Waals surface area contributed by atoms with Crippen molar-refractivity contribution >= 4 is 15.9 Å². The molecule has 82 valence electrons. The van der Waals surface area contributed by atoms with Crippen LogP contribution in [0.5, 0.6) is 0 Å². The number of carbonyl (C=O) groups excluding carboxylic acids is 1. The van der Waals surface area contributed by atoms with Gasteiger partial charge in [-0.15, -0.1) is 0 Å². The number of sulfonamides is 1. The Hall–Kier alpha value is -0.660. The van der Waals surface area contributed by atoms with Crippen molar-refractivity contribution in [2.45, 2.75) is 25.3 Å². The molecule has 14 heavy (non-hydrogen) atoms. The summed E-state index contributed by atoms with van der Waals surface area (Å²) in [5.74, 6) is 4.56. The Kier molecular flexibility index (Phi) is 2.84. The van der Waals surface area contributed by atoms with Crippen molar-refractivity contribution in [1.82, 2.24) is 9.73 Å². The van der Waals surface area contributed by atoms with Crippen LogP contribution in [0, 0.1) is 0 Å². The van der Waals surface area contributed by atoms with Crippen molar-refractivity contribution in [1.29, 1.82) is 0 Å². The van der Waals surface area contributed by atoms with Crippen LogP contribution in [-0.2, 0) is 14.8 Å².